The zero-order valence-corrected chi connectivity index (χ0v) is 29.1. The Morgan fingerprint density at radius 1 is 0.896 bits per heavy atom. The molecule has 0 heterocycles. The van der Waals surface area contributed by atoms with Gasteiger partial charge in [-0.25, -0.2) is 0 Å². The summed E-state index contributed by atoms with van der Waals surface area (Å²) in [6.45, 7) is 17.0. The first-order chi connectivity index (χ1) is 23.4. The van der Waals surface area contributed by atoms with Gasteiger partial charge < -0.3 is 5.84 Å². The summed E-state index contributed by atoms with van der Waals surface area (Å²) in [7, 11) is 0. The maximum absolute atomic E-state index is 5.97. The minimum atomic E-state index is -0.0504. The average molecular weight is 631 g/mol. The van der Waals surface area contributed by atoms with Crippen molar-refractivity contribution in [3.8, 4) is 11.1 Å². The predicted molar refractivity (Wildman–Crippen MR) is 211 cm³/mol. The third kappa shape index (κ3) is 8.98. The molecule has 48 heavy (non-hydrogen) atoms. The van der Waals surface area contributed by atoms with Crippen LogP contribution < -0.4 is 5.84 Å². The van der Waals surface area contributed by atoms with Gasteiger partial charge in [0.1, 0.15) is 0 Å². The Labute approximate surface area is 289 Å². The van der Waals surface area contributed by atoms with Gasteiger partial charge in [-0.1, -0.05) is 173 Å². The summed E-state index contributed by atoms with van der Waals surface area (Å²) in [4.78, 5) is 0. The highest BCUT2D eigenvalue weighted by atomic mass is 15.1. The number of hydrogen-bond acceptors (Lipinski definition) is 2. The molecule has 3 aromatic rings. The lowest BCUT2D eigenvalue weighted by Crippen LogP contribution is -2.24. The van der Waals surface area contributed by atoms with Crippen molar-refractivity contribution in [3.63, 3.8) is 0 Å². The molecular weight excluding hydrogens is 581 g/mol. The van der Waals surface area contributed by atoms with E-state index in [1.165, 1.54) is 27.8 Å². The number of nitrogens with two attached hydrogens (primary N) is 1. The summed E-state index contributed by atoms with van der Waals surface area (Å²) >= 11 is 0. The largest absolute Gasteiger partial charge is 0.323 e. The van der Waals surface area contributed by atoms with Gasteiger partial charge in [0.15, 0.2) is 0 Å². The lowest BCUT2D eigenvalue weighted by Gasteiger charge is -2.34. The van der Waals surface area contributed by atoms with E-state index in [-0.39, 0.29) is 11.3 Å². The number of hydrogen-bond donors (Lipinski definition) is 1. The first-order valence-electron chi connectivity index (χ1n) is 16.9. The Morgan fingerprint density at radius 2 is 1.65 bits per heavy atom. The number of allylic oxidation sites excluding steroid dienone is 16. The van der Waals surface area contributed by atoms with E-state index in [9.17, 15) is 0 Å². The van der Waals surface area contributed by atoms with Crippen LogP contribution in [0.3, 0.4) is 0 Å². The summed E-state index contributed by atoms with van der Waals surface area (Å²) in [6, 6.07) is 27.7. The van der Waals surface area contributed by atoms with Gasteiger partial charge in [0.05, 0.1) is 5.71 Å². The molecule has 1 unspecified atom stereocenters. The molecule has 2 heteroatoms. The maximum Gasteiger partial charge on any atom is 0.0902 e. The van der Waals surface area contributed by atoms with Crippen molar-refractivity contribution in [1.82, 2.24) is 0 Å². The minimum absolute atomic E-state index is 0.0504. The van der Waals surface area contributed by atoms with Crippen molar-refractivity contribution in [2.75, 3.05) is 0 Å². The zero-order valence-electron chi connectivity index (χ0n) is 29.1. The van der Waals surface area contributed by atoms with Crippen LogP contribution in [0, 0.1) is 11.3 Å². The molecule has 3 aromatic carbocycles. The fourth-order valence-corrected chi connectivity index (χ4v) is 6.32. The van der Waals surface area contributed by atoms with Crippen molar-refractivity contribution < 1.29 is 0 Å². The van der Waals surface area contributed by atoms with Gasteiger partial charge in [-0.15, -0.1) is 6.58 Å². The van der Waals surface area contributed by atoms with E-state index in [2.05, 4.69) is 167 Å². The monoisotopic (exact) mass is 630 g/mol. The van der Waals surface area contributed by atoms with Gasteiger partial charge in [-0.2, -0.15) is 5.10 Å². The lowest BCUT2D eigenvalue weighted by molar-refractivity contribution is 0.378. The van der Waals surface area contributed by atoms with Crippen LogP contribution in [0.2, 0.25) is 0 Å². The third-order valence-corrected chi connectivity index (χ3v) is 9.11. The molecule has 0 aromatic heterocycles. The van der Waals surface area contributed by atoms with E-state index in [1.807, 2.05) is 24.3 Å². The molecule has 1 aliphatic carbocycles. The molecule has 0 saturated carbocycles. The van der Waals surface area contributed by atoms with Gasteiger partial charge in [0.2, 0.25) is 0 Å². The van der Waals surface area contributed by atoms with E-state index >= 15 is 0 Å². The Morgan fingerprint density at radius 3 is 2.31 bits per heavy atom. The normalized spacial score (nSPS) is 18.9. The highest BCUT2D eigenvalue weighted by Crippen LogP contribution is 2.42. The lowest BCUT2D eigenvalue weighted by atomic mass is 9.70. The summed E-state index contributed by atoms with van der Waals surface area (Å²) in [5, 5.41) is 4.20. The van der Waals surface area contributed by atoms with E-state index in [0.29, 0.717) is 0 Å². The van der Waals surface area contributed by atoms with E-state index < -0.39 is 0 Å². The summed E-state index contributed by atoms with van der Waals surface area (Å²) in [5.41, 5.74) is 11.6. The first-order valence-corrected chi connectivity index (χ1v) is 16.9. The molecule has 244 valence electrons. The molecule has 0 amide bonds. The average Bonchev–Trinajstić information content (AvgIpc) is 3.16. The van der Waals surface area contributed by atoms with Gasteiger partial charge in [-0.05, 0) is 82.7 Å². The molecule has 0 bridgehead atoms. The fraction of sp³-hybridized carbons (Fsp3) is 0.196. The quantitative estimate of drug-likeness (QED) is 0.0698. The molecule has 0 fully saturated rings. The molecule has 2 nitrogen and oxygen atoms in total. The second kappa shape index (κ2) is 17.6. The van der Waals surface area contributed by atoms with Gasteiger partial charge in [0.25, 0.3) is 0 Å². The van der Waals surface area contributed by atoms with E-state index in [1.54, 1.807) is 6.08 Å². The summed E-state index contributed by atoms with van der Waals surface area (Å²) < 4.78 is 0. The first kappa shape index (κ1) is 35.6. The second-order valence-electron chi connectivity index (χ2n) is 12.5. The van der Waals surface area contributed by atoms with E-state index in [4.69, 9.17) is 5.84 Å². The number of nitrogens with zero attached hydrogens (tertiary/aromatic N) is 1. The molecule has 4 rings (SSSR count). The van der Waals surface area contributed by atoms with Crippen LogP contribution in [-0.4, -0.2) is 5.71 Å². The molecule has 2 N–H and O–H groups in total. The van der Waals surface area contributed by atoms with Crippen LogP contribution in [0.25, 0.3) is 22.3 Å². The smallest absolute Gasteiger partial charge is 0.0902 e. The summed E-state index contributed by atoms with van der Waals surface area (Å²) in [6.07, 6.45) is 28.1. The van der Waals surface area contributed by atoms with Crippen molar-refractivity contribution in [2.24, 2.45) is 22.3 Å². The fourth-order valence-electron chi connectivity index (χ4n) is 6.32. The van der Waals surface area contributed by atoms with Crippen molar-refractivity contribution in [3.05, 3.63) is 193 Å². The number of hydrazone groups is 1. The molecule has 0 spiro atoms. The van der Waals surface area contributed by atoms with Crippen LogP contribution in [-0.2, 0) is 0 Å². The van der Waals surface area contributed by atoms with Crippen LogP contribution in [0.1, 0.15) is 63.6 Å². The van der Waals surface area contributed by atoms with Gasteiger partial charge >= 0.3 is 0 Å². The van der Waals surface area contributed by atoms with E-state index in [0.717, 1.165) is 47.2 Å². The molecule has 1 aliphatic rings. The Kier molecular flexibility index (Phi) is 13.1. The molecule has 1 atom stereocenters. The summed E-state index contributed by atoms with van der Waals surface area (Å²) in [5.74, 6) is 6.18. The van der Waals surface area contributed by atoms with Gasteiger partial charge in [0, 0.05) is 11.5 Å². The zero-order chi connectivity index (χ0) is 34.4. The Balaban J connectivity index is 1.65. The third-order valence-electron chi connectivity index (χ3n) is 9.11. The second-order valence-corrected chi connectivity index (χ2v) is 12.5. The SMILES string of the molecule is C=C/C=C\C=C/C/C(=C/C(=N\N)c1ccc(-c2cccc(C3=CC/C(CC)=C(/C=C\C)C(C)(C)C(C=C)C=C3)c2)cc1)c1ccccc1. The highest BCUT2D eigenvalue weighted by molar-refractivity contribution is 6.12. The molecule has 0 aliphatic heterocycles. The molecule has 0 saturated heterocycles. The highest BCUT2D eigenvalue weighted by Gasteiger charge is 2.30. The predicted octanol–water partition coefficient (Wildman–Crippen LogP) is 12.2. The van der Waals surface area contributed by atoms with Crippen LogP contribution >= 0.6 is 0 Å². The Bertz CT molecular complexity index is 1800. The standard InChI is InChI=1S/C46H50N2/c1-7-11-12-13-15-22-42(36-20-16-14-17-21-36)34-45(48-47)39-29-27-37(28-30-39)40-23-18-24-41(33-40)38-26-25-35(9-3)44(19-8-2)46(5,6)43(10-4)32-31-38/h7-8,10-21,23-24,26-34,43H,1,4,9,22,25,47H2,2-3,5-6H3/b12-11-,15-13-,19-8-,32-31?,38-26?,42-34-,44-35-,48-45+. The maximum atomic E-state index is 5.97. The number of benzene rings is 3. The van der Waals surface area contributed by atoms with Crippen molar-refractivity contribution in [2.45, 2.75) is 47.0 Å². The van der Waals surface area contributed by atoms with Crippen molar-refractivity contribution >= 4 is 16.9 Å². The van der Waals surface area contributed by atoms with Crippen LogP contribution in [0.4, 0.5) is 0 Å². The van der Waals surface area contributed by atoms with Crippen LogP contribution in [0.5, 0.6) is 0 Å². The minimum Gasteiger partial charge on any atom is -0.323 e. The molecular formula is C46H50N2. The van der Waals surface area contributed by atoms with Crippen LogP contribution in [0.15, 0.2) is 181 Å². The number of rotatable bonds is 12. The molecule has 0 radical (unpaired) electrons. The van der Waals surface area contributed by atoms with Crippen molar-refractivity contribution in [1.29, 1.82) is 0 Å². The topological polar surface area (TPSA) is 38.4 Å². The van der Waals surface area contributed by atoms with Gasteiger partial charge in [-0.3, -0.25) is 0 Å². The Hall–Kier alpha value is -5.21.